The number of aliphatic hydroxyl groups excluding tert-OH is 1. The zero-order chi connectivity index (χ0) is 13.5. The minimum absolute atomic E-state index is 2.33. The summed E-state index contributed by atoms with van der Waals surface area (Å²) in [7, 11) is 0. The Morgan fingerprint density at radius 3 is 1.29 bits per heavy atom. The van der Waals surface area contributed by atoms with Gasteiger partial charge in [-0.1, -0.05) is 0 Å². The van der Waals surface area contributed by atoms with Gasteiger partial charge in [0.05, 0.1) is 5.56 Å². The van der Waals surface area contributed by atoms with Gasteiger partial charge in [-0.05, 0) is 0 Å². The van der Waals surface area contributed by atoms with E-state index in [0.717, 1.165) is 0 Å². The van der Waals surface area contributed by atoms with Crippen molar-refractivity contribution in [3.05, 3.63) is 34.6 Å². The van der Waals surface area contributed by atoms with Crippen molar-refractivity contribution in [3.8, 4) is 0 Å². The van der Waals surface area contributed by atoms with Crippen LogP contribution in [0.4, 0.5) is 35.1 Å². The molecule has 0 amide bonds. The molecule has 1 aromatic rings. The van der Waals surface area contributed by atoms with Gasteiger partial charge in [0.2, 0.25) is 5.82 Å². The third-order valence-corrected chi connectivity index (χ3v) is 1.83. The molecule has 0 aliphatic rings. The zero-order valence-corrected chi connectivity index (χ0v) is 7.55. The van der Waals surface area contributed by atoms with E-state index in [-0.39, 0.29) is 0 Å². The van der Waals surface area contributed by atoms with Gasteiger partial charge in [0.1, 0.15) is 0 Å². The van der Waals surface area contributed by atoms with Crippen LogP contribution in [0.2, 0.25) is 0 Å². The van der Waals surface area contributed by atoms with Crippen molar-refractivity contribution < 1.29 is 40.2 Å². The monoisotopic (exact) mass is 266 g/mol. The second-order valence-corrected chi connectivity index (χ2v) is 2.93. The van der Waals surface area contributed by atoms with E-state index in [9.17, 15) is 35.1 Å². The summed E-state index contributed by atoms with van der Waals surface area (Å²) in [6.45, 7) is 0. The van der Waals surface area contributed by atoms with E-state index < -0.39 is 46.9 Å². The first-order chi connectivity index (χ1) is 7.59. The lowest BCUT2D eigenvalue weighted by atomic mass is 10.1. The maximum atomic E-state index is 12.8. The van der Waals surface area contributed by atoms with Crippen LogP contribution in [0.25, 0.3) is 0 Å². The predicted molar refractivity (Wildman–Crippen MR) is 37.2 cm³/mol. The predicted octanol–water partition coefficient (Wildman–Crippen LogP) is 2.98. The second kappa shape index (κ2) is 4.13. The fraction of sp³-hybridized carbons (Fsp3) is 0.250. The highest BCUT2D eigenvalue weighted by atomic mass is 19.4. The molecule has 0 spiro atoms. The molecule has 0 saturated heterocycles. The normalized spacial score (nSPS) is 13.9. The van der Waals surface area contributed by atoms with Crippen molar-refractivity contribution in [2.24, 2.45) is 0 Å². The van der Waals surface area contributed by atoms with Gasteiger partial charge in [-0.3, -0.25) is 0 Å². The maximum absolute atomic E-state index is 12.8. The molecule has 1 nitrogen and oxygen atoms in total. The molecular weight excluding hydrogens is 264 g/mol. The summed E-state index contributed by atoms with van der Waals surface area (Å²) < 4.78 is 98.9. The van der Waals surface area contributed by atoms with Crippen LogP contribution >= 0.6 is 0 Å². The quantitative estimate of drug-likeness (QED) is 0.470. The standard InChI is InChI=1S/C8H2F8O/c9-2-1(7(17)8(14,15)16)3(10)5(12)6(13)4(2)11/h7,17H/t7-/m1/s1. The molecule has 9 heteroatoms. The Labute approximate surface area is 88.3 Å². The van der Waals surface area contributed by atoms with Crippen LogP contribution < -0.4 is 0 Å². The smallest absolute Gasteiger partial charge is 0.379 e. The first-order valence-corrected chi connectivity index (χ1v) is 3.85. The van der Waals surface area contributed by atoms with Crippen molar-refractivity contribution in [2.75, 3.05) is 0 Å². The summed E-state index contributed by atoms with van der Waals surface area (Å²) in [5, 5.41) is 8.50. The summed E-state index contributed by atoms with van der Waals surface area (Å²) in [5.74, 6) is -13.1. The molecule has 0 aliphatic heterocycles. The van der Waals surface area contributed by atoms with Crippen LogP contribution in [0.1, 0.15) is 11.7 Å². The Morgan fingerprint density at radius 2 is 1.00 bits per heavy atom. The van der Waals surface area contributed by atoms with E-state index in [4.69, 9.17) is 5.11 Å². The lowest BCUT2D eigenvalue weighted by Crippen LogP contribution is -2.24. The van der Waals surface area contributed by atoms with Gasteiger partial charge in [0.25, 0.3) is 0 Å². The zero-order valence-electron chi connectivity index (χ0n) is 7.55. The number of alkyl halides is 3. The summed E-state index contributed by atoms with van der Waals surface area (Å²) in [4.78, 5) is 0. The fourth-order valence-electron chi connectivity index (χ4n) is 1.03. The third-order valence-electron chi connectivity index (χ3n) is 1.83. The molecule has 96 valence electrons. The molecule has 0 radical (unpaired) electrons. The Hall–Kier alpha value is -1.38. The number of rotatable bonds is 1. The molecule has 1 atom stereocenters. The van der Waals surface area contributed by atoms with Crippen molar-refractivity contribution in [3.63, 3.8) is 0 Å². The molecule has 0 aromatic heterocycles. The minimum atomic E-state index is -5.56. The molecule has 0 aliphatic carbocycles. The fourth-order valence-corrected chi connectivity index (χ4v) is 1.03. The second-order valence-electron chi connectivity index (χ2n) is 2.93. The minimum Gasteiger partial charge on any atom is -0.379 e. The van der Waals surface area contributed by atoms with E-state index in [1.54, 1.807) is 0 Å². The van der Waals surface area contributed by atoms with E-state index in [2.05, 4.69) is 0 Å². The van der Waals surface area contributed by atoms with E-state index in [1.165, 1.54) is 0 Å². The summed E-state index contributed by atoms with van der Waals surface area (Å²) in [5.41, 5.74) is -2.33. The molecule has 0 saturated carbocycles. The van der Waals surface area contributed by atoms with Crippen molar-refractivity contribution in [1.82, 2.24) is 0 Å². The highest BCUT2D eigenvalue weighted by Gasteiger charge is 2.44. The molecular formula is C8H2F8O. The molecule has 1 N–H and O–H groups in total. The van der Waals surface area contributed by atoms with Gasteiger partial charge < -0.3 is 5.11 Å². The van der Waals surface area contributed by atoms with E-state index in [0.29, 0.717) is 0 Å². The molecule has 0 fully saturated rings. The SMILES string of the molecule is O[C@H](c1c(F)c(F)c(F)c(F)c1F)C(F)(F)F. The largest absolute Gasteiger partial charge is 0.418 e. The average molecular weight is 266 g/mol. The lowest BCUT2D eigenvalue weighted by molar-refractivity contribution is -0.208. The number of hydrogen-bond donors (Lipinski definition) is 1. The van der Waals surface area contributed by atoms with Gasteiger partial charge in [-0.15, -0.1) is 0 Å². The Bertz CT molecular complexity index is 423. The van der Waals surface area contributed by atoms with Crippen LogP contribution in [0.15, 0.2) is 0 Å². The van der Waals surface area contributed by atoms with Crippen molar-refractivity contribution >= 4 is 0 Å². The number of benzene rings is 1. The summed E-state index contributed by atoms with van der Waals surface area (Å²) >= 11 is 0. The van der Waals surface area contributed by atoms with Gasteiger partial charge in [0.15, 0.2) is 29.4 Å². The number of aliphatic hydroxyl groups is 1. The van der Waals surface area contributed by atoms with Crippen LogP contribution in [-0.2, 0) is 0 Å². The first-order valence-electron chi connectivity index (χ1n) is 3.85. The Balaban J connectivity index is 3.55. The van der Waals surface area contributed by atoms with Gasteiger partial charge in [-0.2, -0.15) is 13.2 Å². The Morgan fingerprint density at radius 1 is 0.706 bits per heavy atom. The highest BCUT2D eigenvalue weighted by molar-refractivity contribution is 5.26. The summed E-state index contributed by atoms with van der Waals surface area (Å²) in [6.07, 6.45) is -9.36. The van der Waals surface area contributed by atoms with Crippen molar-refractivity contribution in [2.45, 2.75) is 12.3 Å². The molecule has 17 heavy (non-hydrogen) atoms. The van der Waals surface area contributed by atoms with Crippen LogP contribution in [0.5, 0.6) is 0 Å². The molecule has 0 unspecified atom stereocenters. The van der Waals surface area contributed by atoms with Gasteiger partial charge in [-0.25, -0.2) is 22.0 Å². The molecule has 1 rings (SSSR count). The molecule has 1 aromatic carbocycles. The van der Waals surface area contributed by atoms with E-state index in [1.807, 2.05) is 0 Å². The molecule has 0 bridgehead atoms. The van der Waals surface area contributed by atoms with Crippen LogP contribution in [-0.4, -0.2) is 11.3 Å². The topological polar surface area (TPSA) is 20.2 Å². The number of hydrogen-bond acceptors (Lipinski definition) is 1. The van der Waals surface area contributed by atoms with Crippen LogP contribution in [0.3, 0.4) is 0 Å². The highest BCUT2D eigenvalue weighted by Crippen LogP contribution is 2.37. The lowest BCUT2D eigenvalue weighted by Gasteiger charge is -2.16. The van der Waals surface area contributed by atoms with Gasteiger partial charge in [0, 0.05) is 0 Å². The van der Waals surface area contributed by atoms with E-state index >= 15 is 0 Å². The first kappa shape index (κ1) is 13.7. The summed E-state index contributed by atoms with van der Waals surface area (Å²) in [6, 6.07) is 0. The molecule has 0 heterocycles. The average Bonchev–Trinajstić information content (AvgIpc) is 2.22. The van der Waals surface area contributed by atoms with Crippen molar-refractivity contribution in [1.29, 1.82) is 0 Å². The third kappa shape index (κ3) is 2.19. The van der Waals surface area contributed by atoms with Crippen LogP contribution in [0, 0.1) is 29.1 Å². The number of halogens is 8. The Kier molecular flexibility index (Phi) is 3.33. The maximum Gasteiger partial charge on any atom is 0.418 e. The van der Waals surface area contributed by atoms with Gasteiger partial charge >= 0.3 is 6.18 Å².